The van der Waals surface area contributed by atoms with Crippen molar-refractivity contribution in [1.29, 1.82) is 0 Å². The normalized spacial score (nSPS) is 10.8. The standard InChI is InChI=1S/C19H17ClN6/c20-14-4-3-5-15(10-14)24-18-12-23-26-19(25-18)21-9-8-13-11-22-17-7-2-1-6-16(13)17/h1-7,10-12,22H,8-9H2,(H2,21,24,25,26). The van der Waals surface area contributed by atoms with Crippen molar-refractivity contribution in [3.05, 3.63) is 71.5 Å². The average Bonchev–Trinajstić information content (AvgIpc) is 3.06. The fourth-order valence-electron chi connectivity index (χ4n) is 2.80. The van der Waals surface area contributed by atoms with Crippen molar-refractivity contribution in [2.24, 2.45) is 0 Å². The van der Waals surface area contributed by atoms with Crippen molar-refractivity contribution in [2.45, 2.75) is 6.42 Å². The maximum Gasteiger partial charge on any atom is 0.244 e. The van der Waals surface area contributed by atoms with Crippen LogP contribution in [0.4, 0.5) is 17.5 Å². The molecule has 3 N–H and O–H groups in total. The molecule has 2 aromatic carbocycles. The van der Waals surface area contributed by atoms with Gasteiger partial charge in [0.25, 0.3) is 0 Å². The van der Waals surface area contributed by atoms with Crippen LogP contribution in [0.15, 0.2) is 60.9 Å². The summed E-state index contributed by atoms with van der Waals surface area (Å²) in [7, 11) is 0. The Morgan fingerprint density at radius 2 is 2.00 bits per heavy atom. The van der Waals surface area contributed by atoms with Crippen LogP contribution in [0.5, 0.6) is 0 Å². The largest absolute Gasteiger partial charge is 0.361 e. The van der Waals surface area contributed by atoms with Crippen molar-refractivity contribution in [1.82, 2.24) is 20.2 Å². The van der Waals surface area contributed by atoms with E-state index in [-0.39, 0.29) is 0 Å². The van der Waals surface area contributed by atoms with Gasteiger partial charge in [0, 0.05) is 34.4 Å². The van der Waals surface area contributed by atoms with E-state index in [1.807, 2.05) is 42.6 Å². The fraction of sp³-hybridized carbons (Fsp3) is 0.105. The smallest absolute Gasteiger partial charge is 0.244 e. The second-order valence-electron chi connectivity index (χ2n) is 5.84. The minimum Gasteiger partial charge on any atom is -0.361 e. The highest BCUT2D eigenvalue weighted by molar-refractivity contribution is 6.30. The molecule has 0 unspecified atom stereocenters. The highest BCUT2D eigenvalue weighted by Crippen LogP contribution is 2.19. The van der Waals surface area contributed by atoms with Crippen LogP contribution in [0, 0.1) is 0 Å². The first-order chi connectivity index (χ1) is 12.8. The Hall–Kier alpha value is -3.12. The van der Waals surface area contributed by atoms with E-state index < -0.39 is 0 Å². The van der Waals surface area contributed by atoms with Gasteiger partial charge < -0.3 is 15.6 Å². The third kappa shape index (κ3) is 3.75. The Morgan fingerprint density at radius 1 is 1.08 bits per heavy atom. The van der Waals surface area contributed by atoms with Crippen molar-refractivity contribution in [3.8, 4) is 0 Å². The lowest BCUT2D eigenvalue weighted by Gasteiger charge is -2.08. The molecule has 4 aromatic rings. The van der Waals surface area contributed by atoms with E-state index >= 15 is 0 Å². The van der Waals surface area contributed by atoms with Crippen molar-refractivity contribution < 1.29 is 0 Å². The summed E-state index contributed by atoms with van der Waals surface area (Å²) in [4.78, 5) is 7.72. The van der Waals surface area contributed by atoms with E-state index in [9.17, 15) is 0 Å². The van der Waals surface area contributed by atoms with Crippen molar-refractivity contribution >= 4 is 40.0 Å². The van der Waals surface area contributed by atoms with E-state index in [0.717, 1.165) is 17.6 Å². The number of hydrogen-bond donors (Lipinski definition) is 3. The molecule has 0 atom stereocenters. The summed E-state index contributed by atoms with van der Waals surface area (Å²) in [6.07, 6.45) is 4.48. The number of anilines is 3. The molecule has 130 valence electrons. The summed E-state index contributed by atoms with van der Waals surface area (Å²) in [5.41, 5.74) is 3.25. The summed E-state index contributed by atoms with van der Waals surface area (Å²) in [6, 6.07) is 15.7. The lowest BCUT2D eigenvalue weighted by Crippen LogP contribution is -2.09. The second kappa shape index (κ2) is 7.41. The Labute approximate surface area is 155 Å². The van der Waals surface area contributed by atoms with Crippen LogP contribution >= 0.6 is 11.6 Å². The zero-order valence-electron chi connectivity index (χ0n) is 13.9. The number of H-pyrrole nitrogens is 1. The van der Waals surface area contributed by atoms with Gasteiger partial charge in [-0.3, -0.25) is 0 Å². The number of para-hydroxylation sites is 1. The van der Waals surface area contributed by atoms with Gasteiger partial charge in [-0.25, -0.2) is 0 Å². The Morgan fingerprint density at radius 3 is 2.92 bits per heavy atom. The van der Waals surface area contributed by atoms with Gasteiger partial charge in [0.05, 0.1) is 6.20 Å². The Kier molecular flexibility index (Phi) is 4.66. The molecule has 0 fully saturated rings. The molecule has 0 bridgehead atoms. The van der Waals surface area contributed by atoms with Crippen LogP contribution in [-0.4, -0.2) is 26.7 Å². The maximum absolute atomic E-state index is 6.00. The predicted molar refractivity (Wildman–Crippen MR) is 105 cm³/mol. The van der Waals surface area contributed by atoms with Crippen LogP contribution in [0.3, 0.4) is 0 Å². The minimum absolute atomic E-state index is 0.483. The number of rotatable bonds is 6. The quantitative estimate of drug-likeness (QED) is 0.472. The summed E-state index contributed by atoms with van der Waals surface area (Å²) in [5.74, 6) is 1.09. The van der Waals surface area contributed by atoms with Crippen molar-refractivity contribution in [2.75, 3.05) is 17.2 Å². The monoisotopic (exact) mass is 364 g/mol. The molecule has 0 aliphatic heterocycles. The molecule has 0 aliphatic rings. The highest BCUT2D eigenvalue weighted by atomic mass is 35.5. The first-order valence-electron chi connectivity index (χ1n) is 8.29. The zero-order chi connectivity index (χ0) is 17.8. The molecule has 0 aliphatic carbocycles. The molecular formula is C19H17ClN6. The van der Waals surface area contributed by atoms with E-state index in [0.29, 0.717) is 23.3 Å². The molecule has 4 rings (SSSR count). The lowest BCUT2D eigenvalue weighted by molar-refractivity contribution is 0.931. The number of aromatic nitrogens is 4. The molecule has 2 heterocycles. The number of halogens is 1. The van der Waals surface area contributed by atoms with Gasteiger partial charge in [-0.2, -0.15) is 10.1 Å². The van der Waals surface area contributed by atoms with Crippen LogP contribution in [0.1, 0.15) is 5.56 Å². The topological polar surface area (TPSA) is 78.5 Å². The third-order valence-corrected chi connectivity index (χ3v) is 4.24. The highest BCUT2D eigenvalue weighted by Gasteiger charge is 2.04. The molecular weight excluding hydrogens is 348 g/mol. The van der Waals surface area contributed by atoms with Crippen molar-refractivity contribution in [3.63, 3.8) is 0 Å². The fourth-order valence-corrected chi connectivity index (χ4v) is 2.99. The van der Waals surface area contributed by atoms with E-state index in [1.165, 1.54) is 10.9 Å². The average molecular weight is 365 g/mol. The zero-order valence-corrected chi connectivity index (χ0v) is 14.7. The number of nitrogens with one attached hydrogen (secondary N) is 3. The lowest BCUT2D eigenvalue weighted by atomic mass is 10.1. The van der Waals surface area contributed by atoms with Gasteiger partial charge in [0.2, 0.25) is 5.95 Å². The molecule has 2 aromatic heterocycles. The van der Waals surface area contributed by atoms with E-state index in [2.05, 4.69) is 42.9 Å². The number of benzene rings is 2. The third-order valence-electron chi connectivity index (χ3n) is 4.01. The Balaban J connectivity index is 1.39. The minimum atomic E-state index is 0.483. The number of hydrogen-bond acceptors (Lipinski definition) is 5. The first kappa shape index (κ1) is 16.4. The van der Waals surface area contributed by atoms with Crippen LogP contribution in [0.2, 0.25) is 5.02 Å². The number of nitrogens with zero attached hydrogens (tertiary/aromatic N) is 3. The molecule has 0 saturated heterocycles. The molecule has 26 heavy (non-hydrogen) atoms. The molecule has 6 nitrogen and oxygen atoms in total. The van der Waals surface area contributed by atoms with Crippen LogP contribution < -0.4 is 10.6 Å². The predicted octanol–water partition coefficient (Wildman–Crippen LogP) is 4.40. The first-order valence-corrected chi connectivity index (χ1v) is 8.67. The summed E-state index contributed by atoms with van der Waals surface area (Å²) in [5, 5.41) is 16.3. The van der Waals surface area contributed by atoms with Gasteiger partial charge in [-0.15, -0.1) is 5.10 Å². The number of aromatic amines is 1. The van der Waals surface area contributed by atoms with Crippen LogP contribution in [-0.2, 0) is 6.42 Å². The number of fused-ring (bicyclic) bond motifs is 1. The van der Waals surface area contributed by atoms with Gasteiger partial charge in [-0.1, -0.05) is 35.9 Å². The summed E-state index contributed by atoms with van der Waals surface area (Å²) < 4.78 is 0. The molecule has 0 amide bonds. The molecule has 0 saturated carbocycles. The van der Waals surface area contributed by atoms with E-state index in [1.54, 1.807) is 6.20 Å². The molecule has 7 heteroatoms. The molecule has 0 spiro atoms. The summed E-state index contributed by atoms with van der Waals surface area (Å²) >= 11 is 6.00. The SMILES string of the molecule is Clc1cccc(Nc2cnnc(NCCc3c[nH]c4ccccc34)n2)c1. The van der Waals surface area contributed by atoms with Gasteiger partial charge in [-0.05, 0) is 36.2 Å². The van der Waals surface area contributed by atoms with Gasteiger partial charge >= 0.3 is 0 Å². The second-order valence-corrected chi connectivity index (χ2v) is 6.27. The van der Waals surface area contributed by atoms with E-state index in [4.69, 9.17) is 11.6 Å². The molecule has 0 radical (unpaired) electrons. The van der Waals surface area contributed by atoms with Gasteiger partial charge in [0.15, 0.2) is 5.82 Å². The maximum atomic E-state index is 6.00. The summed E-state index contributed by atoms with van der Waals surface area (Å²) in [6.45, 7) is 0.712. The van der Waals surface area contributed by atoms with Crippen LogP contribution in [0.25, 0.3) is 10.9 Å². The Bertz CT molecular complexity index is 1030. The van der Waals surface area contributed by atoms with Gasteiger partial charge in [0.1, 0.15) is 0 Å².